The van der Waals surface area contributed by atoms with Crippen molar-refractivity contribution in [1.29, 1.82) is 0 Å². The number of pyridine rings is 1. The number of nitrogens with zero attached hydrogens (tertiary/aromatic N) is 1. The Morgan fingerprint density at radius 3 is 3.04 bits per heavy atom. The maximum Gasteiger partial charge on any atom is 0.262 e. The second-order valence-corrected chi connectivity index (χ2v) is 5.26. The molecular formula is C17H17N3O4. The fraction of sp³-hybridized carbons (Fsp3) is 0.235. The lowest BCUT2D eigenvalue weighted by atomic mass is 10.0. The van der Waals surface area contributed by atoms with E-state index in [1.807, 2.05) is 6.07 Å². The molecule has 2 amide bonds. The number of amides is 2. The molecule has 124 valence electrons. The minimum Gasteiger partial charge on any atom is -0.484 e. The van der Waals surface area contributed by atoms with Crippen LogP contribution in [-0.2, 0) is 16.0 Å². The summed E-state index contributed by atoms with van der Waals surface area (Å²) in [7, 11) is 1.49. The van der Waals surface area contributed by atoms with Crippen LogP contribution in [0.4, 0.5) is 11.4 Å². The van der Waals surface area contributed by atoms with Gasteiger partial charge in [0.1, 0.15) is 11.4 Å². The number of ether oxygens (including phenoxy) is 2. The smallest absolute Gasteiger partial charge is 0.262 e. The first-order valence-corrected chi connectivity index (χ1v) is 7.50. The minimum absolute atomic E-state index is 0.0148. The number of hydrogen-bond donors (Lipinski definition) is 2. The lowest BCUT2D eigenvalue weighted by molar-refractivity contribution is -0.118. The topological polar surface area (TPSA) is 89.6 Å². The van der Waals surface area contributed by atoms with Crippen LogP contribution in [0.5, 0.6) is 11.6 Å². The highest BCUT2D eigenvalue weighted by Gasteiger charge is 2.15. The van der Waals surface area contributed by atoms with Crippen molar-refractivity contribution in [3.63, 3.8) is 0 Å². The average Bonchev–Trinajstić information content (AvgIpc) is 2.60. The predicted octanol–water partition coefficient (Wildman–Crippen LogP) is 1.99. The molecule has 24 heavy (non-hydrogen) atoms. The van der Waals surface area contributed by atoms with Crippen LogP contribution in [-0.4, -0.2) is 30.5 Å². The molecule has 1 aliphatic rings. The number of carbonyl (C=O) groups excluding carboxylic acids is 2. The molecule has 2 heterocycles. The lowest BCUT2D eigenvalue weighted by Gasteiger charge is -2.17. The van der Waals surface area contributed by atoms with E-state index in [0.29, 0.717) is 30.2 Å². The van der Waals surface area contributed by atoms with E-state index in [-0.39, 0.29) is 18.4 Å². The summed E-state index contributed by atoms with van der Waals surface area (Å²) in [5.74, 6) is 0.627. The van der Waals surface area contributed by atoms with Crippen LogP contribution in [0.2, 0.25) is 0 Å². The van der Waals surface area contributed by atoms with E-state index in [2.05, 4.69) is 15.6 Å². The van der Waals surface area contributed by atoms with Gasteiger partial charge in [0.05, 0.1) is 7.11 Å². The number of hydrogen-bond acceptors (Lipinski definition) is 5. The minimum atomic E-state index is -0.313. The maximum absolute atomic E-state index is 12.0. The summed E-state index contributed by atoms with van der Waals surface area (Å²) in [6, 6.07) is 8.75. The molecule has 0 saturated carbocycles. The number of anilines is 2. The Labute approximate surface area is 139 Å². The molecule has 1 aromatic carbocycles. The third-order valence-corrected chi connectivity index (χ3v) is 3.58. The molecule has 0 saturated heterocycles. The summed E-state index contributed by atoms with van der Waals surface area (Å²) in [5.41, 5.74) is 2.28. The molecule has 1 aromatic heterocycles. The summed E-state index contributed by atoms with van der Waals surface area (Å²) in [6.45, 7) is -0.136. The van der Waals surface area contributed by atoms with Crippen LogP contribution in [0.1, 0.15) is 12.0 Å². The molecule has 3 rings (SSSR count). The van der Waals surface area contributed by atoms with Crippen LogP contribution in [0.3, 0.4) is 0 Å². The third-order valence-electron chi connectivity index (χ3n) is 3.58. The lowest BCUT2D eigenvalue weighted by Crippen LogP contribution is -2.21. The normalized spacial score (nSPS) is 12.8. The highest BCUT2D eigenvalue weighted by atomic mass is 16.5. The van der Waals surface area contributed by atoms with Crippen LogP contribution >= 0.6 is 0 Å². The summed E-state index contributed by atoms with van der Waals surface area (Å²) in [4.78, 5) is 27.4. The van der Waals surface area contributed by atoms with Crippen molar-refractivity contribution < 1.29 is 19.1 Å². The maximum atomic E-state index is 12.0. The Morgan fingerprint density at radius 1 is 1.33 bits per heavy atom. The summed E-state index contributed by atoms with van der Waals surface area (Å²) < 4.78 is 10.6. The van der Waals surface area contributed by atoms with Gasteiger partial charge in [-0.2, -0.15) is 0 Å². The number of nitrogens with one attached hydrogen (secondary N) is 2. The first kappa shape index (κ1) is 15.8. The van der Waals surface area contributed by atoms with Gasteiger partial charge in [-0.25, -0.2) is 4.98 Å². The van der Waals surface area contributed by atoms with Gasteiger partial charge in [0.25, 0.3) is 5.91 Å². The Hall–Kier alpha value is -3.09. The molecule has 2 aromatic rings. The van der Waals surface area contributed by atoms with Gasteiger partial charge in [-0.15, -0.1) is 0 Å². The summed E-state index contributed by atoms with van der Waals surface area (Å²) >= 11 is 0. The Bertz CT molecular complexity index is 776. The van der Waals surface area contributed by atoms with E-state index in [4.69, 9.17) is 9.47 Å². The zero-order chi connectivity index (χ0) is 16.9. The van der Waals surface area contributed by atoms with Crippen molar-refractivity contribution in [2.45, 2.75) is 12.8 Å². The summed E-state index contributed by atoms with van der Waals surface area (Å²) in [6.07, 6.45) is 2.70. The van der Waals surface area contributed by atoms with Crippen molar-refractivity contribution in [3.8, 4) is 11.6 Å². The van der Waals surface area contributed by atoms with Crippen molar-refractivity contribution in [2.75, 3.05) is 24.4 Å². The van der Waals surface area contributed by atoms with E-state index in [1.54, 1.807) is 30.5 Å². The monoisotopic (exact) mass is 327 g/mol. The molecule has 0 radical (unpaired) electrons. The highest BCUT2D eigenvalue weighted by molar-refractivity contribution is 5.94. The molecule has 0 unspecified atom stereocenters. The average molecular weight is 327 g/mol. The quantitative estimate of drug-likeness (QED) is 0.876. The van der Waals surface area contributed by atoms with Gasteiger partial charge >= 0.3 is 0 Å². The van der Waals surface area contributed by atoms with E-state index in [9.17, 15) is 9.59 Å². The standard InChI is InChI=1S/C17H17N3O4/c1-23-17-14(3-2-8-18-17)20-16(22)10-24-12-5-6-13-11(9-12)4-7-15(21)19-13/h2-3,5-6,8-9H,4,7,10H2,1H3,(H,19,21)(H,20,22). The molecule has 0 fully saturated rings. The number of rotatable bonds is 5. The predicted molar refractivity (Wildman–Crippen MR) is 88.3 cm³/mol. The Balaban J connectivity index is 1.59. The van der Waals surface area contributed by atoms with Gasteiger partial charge in [0.2, 0.25) is 11.8 Å². The van der Waals surface area contributed by atoms with E-state index in [0.717, 1.165) is 11.3 Å². The zero-order valence-corrected chi connectivity index (χ0v) is 13.2. The molecule has 7 nitrogen and oxygen atoms in total. The molecule has 2 N–H and O–H groups in total. The van der Waals surface area contributed by atoms with Gasteiger partial charge in [0.15, 0.2) is 6.61 Å². The van der Waals surface area contributed by atoms with Gasteiger partial charge < -0.3 is 20.1 Å². The summed E-state index contributed by atoms with van der Waals surface area (Å²) in [5, 5.41) is 5.49. The van der Waals surface area contributed by atoms with Gasteiger partial charge in [-0.05, 0) is 42.3 Å². The first-order chi connectivity index (χ1) is 11.7. The Kier molecular flexibility index (Phi) is 4.60. The van der Waals surface area contributed by atoms with Crippen LogP contribution in [0.15, 0.2) is 36.5 Å². The number of methoxy groups -OCH3 is 1. The number of aromatic nitrogens is 1. The van der Waals surface area contributed by atoms with Gasteiger partial charge in [-0.3, -0.25) is 9.59 Å². The van der Waals surface area contributed by atoms with E-state index < -0.39 is 0 Å². The largest absolute Gasteiger partial charge is 0.484 e. The highest BCUT2D eigenvalue weighted by Crippen LogP contribution is 2.27. The number of aryl methyl sites for hydroxylation is 1. The third kappa shape index (κ3) is 3.62. The van der Waals surface area contributed by atoms with Crippen molar-refractivity contribution in [3.05, 3.63) is 42.1 Å². The van der Waals surface area contributed by atoms with Crippen LogP contribution in [0.25, 0.3) is 0 Å². The number of fused-ring (bicyclic) bond motifs is 1. The first-order valence-electron chi connectivity index (χ1n) is 7.50. The second-order valence-electron chi connectivity index (χ2n) is 5.26. The van der Waals surface area contributed by atoms with Crippen molar-refractivity contribution in [2.24, 2.45) is 0 Å². The number of benzene rings is 1. The second kappa shape index (κ2) is 6.99. The van der Waals surface area contributed by atoms with Crippen molar-refractivity contribution >= 4 is 23.2 Å². The van der Waals surface area contributed by atoms with E-state index in [1.165, 1.54) is 7.11 Å². The zero-order valence-electron chi connectivity index (χ0n) is 13.2. The van der Waals surface area contributed by atoms with Crippen LogP contribution in [0, 0.1) is 0 Å². The van der Waals surface area contributed by atoms with Gasteiger partial charge in [0, 0.05) is 18.3 Å². The molecule has 0 aliphatic carbocycles. The molecule has 0 spiro atoms. The molecule has 0 bridgehead atoms. The molecule has 1 aliphatic heterocycles. The van der Waals surface area contributed by atoms with Gasteiger partial charge in [-0.1, -0.05) is 0 Å². The van der Waals surface area contributed by atoms with E-state index >= 15 is 0 Å². The van der Waals surface area contributed by atoms with Crippen molar-refractivity contribution in [1.82, 2.24) is 4.98 Å². The molecule has 7 heteroatoms. The fourth-order valence-electron chi connectivity index (χ4n) is 2.43. The SMILES string of the molecule is COc1ncccc1NC(=O)COc1ccc2c(c1)CCC(=O)N2. The van der Waals surface area contributed by atoms with Crippen LogP contribution < -0.4 is 20.1 Å². The number of carbonyl (C=O) groups is 2. The fourth-order valence-corrected chi connectivity index (χ4v) is 2.43. The molecular weight excluding hydrogens is 310 g/mol. The Morgan fingerprint density at radius 2 is 2.21 bits per heavy atom. The molecule has 0 atom stereocenters.